The Hall–Kier alpha value is -0.290. The average Bonchev–Trinajstić information content (AvgIpc) is 2.55. The molecule has 2 heterocycles. The van der Waals surface area contributed by atoms with E-state index in [2.05, 4.69) is 0 Å². The predicted molar refractivity (Wildman–Crippen MR) is 45.7 cm³/mol. The zero-order valence-corrected chi connectivity index (χ0v) is 8.37. The predicted octanol–water partition coefficient (Wildman–Crippen LogP) is -2.15. The Balaban J connectivity index is 0.000000195. The monoisotopic (exact) mass is 244 g/mol. The average molecular weight is 244 g/mol. The van der Waals surface area contributed by atoms with Crippen molar-refractivity contribution in [3.8, 4) is 0 Å². The van der Waals surface area contributed by atoms with Gasteiger partial charge in [0.25, 0.3) is 0 Å². The smallest absolute Gasteiger partial charge is 0.388 e. The second-order valence-corrected chi connectivity index (χ2v) is 4.07. The van der Waals surface area contributed by atoms with E-state index >= 15 is 0 Å². The van der Waals surface area contributed by atoms with Crippen LogP contribution in [0.2, 0.25) is 0 Å². The van der Waals surface area contributed by atoms with E-state index in [0.29, 0.717) is 0 Å². The minimum atomic E-state index is -4.67. The summed E-state index contributed by atoms with van der Waals surface area (Å²) < 4.78 is 41.7. The van der Waals surface area contributed by atoms with Crippen LogP contribution in [-0.4, -0.2) is 65.4 Å². The molecular formula is C6H12O8S. The fourth-order valence-corrected chi connectivity index (χ4v) is 1.46. The Kier molecular flexibility index (Phi) is 4.00. The molecule has 2 aliphatic heterocycles. The lowest BCUT2D eigenvalue weighted by Gasteiger charge is -2.09. The van der Waals surface area contributed by atoms with Gasteiger partial charge in [0, 0.05) is 0 Å². The van der Waals surface area contributed by atoms with Gasteiger partial charge in [-0.1, -0.05) is 0 Å². The largest absolute Gasteiger partial charge is 0.394 e. The Morgan fingerprint density at radius 2 is 1.20 bits per heavy atom. The quantitative estimate of drug-likeness (QED) is 0.354. The van der Waals surface area contributed by atoms with E-state index in [-0.39, 0.29) is 25.4 Å². The highest BCUT2D eigenvalue weighted by atomic mass is 32.3. The molecule has 2 aliphatic rings. The first-order chi connectivity index (χ1) is 6.79. The molecule has 2 rings (SSSR count). The fraction of sp³-hybridized carbons (Fsp3) is 1.00. The summed E-state index contributed by atoms with van der Waals surface area (Å²) in [7, 11) is -4.67. The van der Waals surface area contributed by atoms with Gasteiger partial charge in [0.1, 0.15) is 24.4 Å². The van der Waals surface area contributed by atoms with Crippen LogP contribution in [0.1, 0.15) is 0 Å². The van der Waals surface area contributed by atoms with Crippen molar-refractivity contribution in [3.05, 3.63) is 0 Å². The van der Waals surface area contributed by atoms with Gasteiger partial charge in [0.15, 0.2) is 0 Å². The molecule has 0 saturated carbocycles. The second kappa shape index (κ2) is 4.70. The number of rotatable bonds is 0. The summed E-state index contributed by atoms with van der Waals surface area (Å²) in [5, 5.41) is 18.3. The second-order valence-electron chi connectivity index (χ2n) is 3.18. The van der Waals surface area contributed by atoms with Gasteiger partial charge in [-0.15, -0.1) is 0 Å². The minimum absolute atomic E-state index is 0.284. The molecule has 2 fully saturated rings. The van der Waals surface area contributed by atoms with Gasteiger partial charge in [-0.05, 0) is 0 Å². The number of hydrogen-bond acceptors (Lipinski definition) is 6. The number of fused-ring (bicyclic) bond motifs is 1. The number of aliphatic hydroxyl groups is 2. The molecule has 0 bridgehead atoms. The molecule has 0 radical (unpaired) electrons. The van der Waals surface area contributed by atoms with Crippen molar-refractivity contribution >= 4 is 10.4 Å². The van der Waals surface area contributed by atoms with Gasteiger partial charge in [-0.2, -0.15) is 8.42 Å². The number of hydrogen-bond donors (Lipinski definition) is 4. The Morgan fingerprint density at radius 1 is 0.933 bits per heavy atom. The summed E-state index contributed by atoms with van der Waals surface area (Å²) in [5.74, 6) is 0. The molecule has 0 aliphatic carbocycles. The van der Waals surface area contributed by atoms with E-state index in [9.17, 15) is 0 Å². The Labute approximate surface area is 86.0 Å². The molecule has 0 amide bonds. The summed E-state index contributed by atoms with van der Waals surface area (Å²) in [6.07, 6.45) is -1.70. The Bertz CT molecular complexity index is 276. The maximum atomic E-state index is 9.16. The molecule has 2 saturated heterocycles. The molecule has 0 aromatic rings. The third kappa shape index (κ3) is 3.99. The first-order valence-electron chi connectivity index (χ1n) is 4.08. The fourth-order valence-electron chi connectivity index (χ4n) is 1.46. The molecule has 4 atom stereocenters. The van der Waals surface area contributed by atoms with Gasteiger partial charge in [-0.25, -0.2) is 0 Å². The van der Waals surface area contributed by atoms with Crippen LogP contribution < -0.4 is 0 Å². The van der Waals surface area contributed by atoms with Crippen molar-refractivity contribution in [3.63, 3.8) is 0 Å². The standard InChI is InChI=1S/C6H10O4.H2O4S/c7-3-1-9-6-4(8)2-10-5(3)6;1-5(2,3)4/h3-8H,1-2H2;(H2,1,2,3,4)/t3-,4+,5-,6-;/m1./s1. The summed E-state index contributed by atoms with van der Waals surface area (Å²) in [4.78, 5) is 0. The molecule has 0 spiro atoms. The topological polar surface area (TPSA) is 134 Å². The van der Waals surface area contributed by atoms with Crippen LogP contribution in [0.3, 0.4) is 0 Å². The lowest BCUT2D eigenvalue weighted by Crippen LogP contribution is -2.30. The highest BCUT2D eigenvalue weighted by Gasteiger charge is 2.46. The molecule has 90 valence electrons. The van der Waals surface area contributed by atoms with Crippen molar-refractivity contribution < 1.29 is 37.2 Å². The zero-order valence-electron chi connectivity index (χ0n) is 7.55. The van der Waals surface area contributed by atoms with Crippen LogP contribution in [0.25, 0.3) is 0 Å². The highest BCUT2D eigenvalue weighted by Crippen LogP contribution is 2.26. The van der Waals surface area contributed by atoms with Crippen LogP contribution in [0, 0.1) is 0 Å². The van der Waals surface area contributed by atoms with Crippen LogP contribution in [0.4, 0.5) is 0 Å². The van der Waals surface area contributed by atoms with Gasteiger partial charge >= 0.3 is 10.4 Å². The van der Waals surface area contributed by atoms with Gasteiger partial charge < -0.3 is 19.7 Å². The van der Waals surface area contributed by atoms with Gasteiger partial charge in [0.05, 0.1) is 13.2 Å². The minimum Gasteiger partial charge on any atom is -0.388 e. The lowest BCUT2D eigenvalue weighted by atomic mass is 10.1. The number of ether oxygens (including phenoxy) is 2. The molecule has 0 aromatic heterocycles. The van der Waals surface area contributed by atoms with E-state index < -0.39 is 22.6 Å². The van der Waals surface area contributed by atoms with Crippen LogP contribution >= 0.6 is 0 Å². The molecule has 8 nitrogen and oxygen atoms in total. The van der Waals surface area contributed by atoms with Crippen molar-refractivity contribution in [2.75, 3.05) is 13.2 Å². The lowest BCUT2D eigenvalue weighted by molar-refractivity contribution is 0.00205. The molecule has 0 unspecified atom stereocenters. The third-order valence-electron chi connectivity index (χ3n) is 2.00. The SMILES string of the molecule is O=S(=O)(O)O.O[C@@H]1CO[C@H]2[C@@H]1OC[C@@H]2O. The molecule has 9 heteroatoms. The highest BCUT2D eigenvalue weighted by molar-refractivity contribution is 7.79. The molecule has 0 aromatic carbocycles. The van der Waals surface area contributed by atoms with Gasteiger partial charge in [-0.3, -0.25) is 9.11 Å². The van der Waals surface area contributed by atoms with Crippen molar-refractivity contribution in [1.82, 2.24) is 0 Å². The molecule has 4 N–H and O–H groups in total. The van der Waals surface area contributed by atoms with Gasteiger partial charge in [0.2, 0.25) is 0 Å². The van der Waals surface area contributed by atoms with Crippen LogP contribution in [0.5, 0.6) is 0 Å². The van der Waals surface area contributed by atoms with E-state index in [1.165, 1.54) is 0 Å². The van der Waals surface area contributed by atoms with Crippen LogP contribution in [-0.2, 0) is 19.9 Å². The summed E-state index contributed by atoms with van der Waals surface area (Å²) >= 11 is 0. The summed E-state index contributed by atoms with van der Waals surface area (Å²) in [5.41, 5.74) is 0. The zero-order chi connectivity index (χ0) is 11.6. The van der Waals surface area contributed by atoms with Crippen molar-refractivity contribution in [2.24, 2.45) is 0 Å². The molecule has 15 heavy (non-hydrogen) atoms. The van der Waals surface area contributed by atoms with Crippen molar-refractivity contribution in [1.29, 1.82) is 0 Å². The third-order valence-corrected chi connectivity index (χ3v) is 2.00. The van der Waals surface area contributed by atoms with Crippen molar-refractivity contribution in [2.45, 2.75) is 24.4 Å². The maximum absolute atomic E-state index is 9.16. The first-order valence-corrected chi connectivity index (χ1v) is 5.48. The number of aliphatic hydroxyl groups excluding tert-OH is 2. The van der Waals surface area contributed by atoms with E-state index in [1.807, 2.05) is 0 Å². The summed E-state index contributed by atoms with van der Waals surface area (Å²) in [6.45, 7) is 0.568. The first kappa shape index (κ1) is 12.8. The van der Waals surface area contributed by atoms with E-state index in [1.54, 1.807) is 0 Å². The normalized spacial score (nSPS) is 39.5. The Morgan fingerprint density at radius 3 is 1.47 bits per heavy atom. The summed E-state index contributed by atoms with van der Waals surface area (Å²) in [6, 6.07) is 0. The maximum Gasteiger partial charge on any atom is 0.394 e. The van der Waals surface area contributed by atoms with Crippen LogP contribution in [0.15, 0.2) is 0 Å². The van der Waals surface area contributed by atoms with E-state index in [0.717, 1.165) is 0 Å². The molecular weight excluding hydrogens is 232 g/mol. The van der Waals surface area contributed by atoms with E-state index in [4.69, 9.17) is 37.2 Å².